The van der Waals surface area contributed by atoms with Crippen molar-refractivity contribution < 1.29 is 18.6 Å². The third kappa shape index (κ3) is 5.55. The van der Waals surface area contributed by atoms with Crippen LogP contribution in [0, 0.1) is 5.82 Å². The number of anilines is 1. The van der Waals surface area contributed by atoms with Gasteiger partial charge in [0.15, 0.2) is 11.5 Å². The largest absolute Gasteiger partial charge is 0.495 e. The number of ether oxygens (including phenoxy) is 3. The highest BCUT2D eigenvalue weighted by Crippen LogP contribution is 2.35. The van der Waals surface area contributed by atoms with Crippen molar-refractivity contribution in [1.29, 1.82) is 0 Å². The minimum Gasteiger partial charge on any atom is -0.495 e. The molecule has 3 aromatic rings. The zero-order valence-electron chi connectivity index (χ0n) is 16.0. The van der Waals surface area contributed by atoms with Gasteiger partial charge in [0.25, 0.3) is 0 Å². The van der Waals surface area contributed by atoms with Crippen LogP contribution >= 0.6 is 27.5 Å². The maximum atomic E-state index is 13.0. The molecule has 0 unspecified atom stereocenters. The molecule has 0 atom stereocenters. The number of methoxy groups -OCH3 is 2. The molecular formula is C22H20BrClFNO3. The zero-order valence-corrected chi connectivity index (χ0v) is 18.3. The van der Waals surface area contributed by atoms with Crippen molar-refractivity contribution in [2.24, 2.45) is 0 Å². The van der Waals surface area contributed by atoms with Crippen LogP contribution in [0.25, 0.3) is 0 Å². The summed E-state index contributed by atoms with van der Waals surface area (Å²) in [4.78, 5) is 0. The average Bonchev–Trinajstić information content (AvgIpc) is 2.72. The van der Waals surface area contributed by atoms with Crippen molar-refractivity contribution in [3.8, 4) is 17.2 Å². The number of rotatable bonds is 8. The molecule has 0 aliphatic carbocycles. The molecule has 0 fully saturated rings. The fourth-order valence-corrected chi connectivity index (χ4v) is 3.42. The summed E-state index contributed by atoms with van der Waals surface area (Å²) in [6.45, 7) is 0.864. The van der Waals surface area contributed by atoms with Gasteiger partial charge in [0, 0.05) is 16.7 Å². The third-order valence-electron chi connectivity index (χ3n) is 4.28. The van der Waals surface area contributed by atoms with Crippen LogP contribution in [0.5, 0.6) is 17.2 Å². The van der Waals surface area contributed by atoms with Gasteiger partial charge in [-0.3, -0.25) is 0 Å². The molecule has 0 saturated heterocycles. The predicted molar refractivity (Wildman–Crippen MR) is 117 cm³/mol. The molecule has 0 bridgehead atoms. The summed E-state index contributed by atoms with van der Waals surface area (Å²) in [7, 11) is 3.17. The van der Waals surface area contributed by atoms with Gasteiger partial charge in [-0.1, -0.05) is 39.7 Å². The van der Waals surface area contributed by atoms with E-state index in [9.17, 15) is 4.39 Å². The van der Waals surface area contributed by atoms with Gasteiger partial charge in [-0.25, -0.2) is 4.39 Å². The molecule has 0 saturated carbocycles. The summed E-state index contributed by atoms with van der Waals surface area (Å²) >= 11 is 9.76. The van der Waals surface area contributed by atoms with Gasteiger partial charge < -0.3 is 19.5 Å². The molecule has 1 N–H and O–H groups in total. The highest BCUT2D eigenvalue weighted by molar-refractivity contribution is 9.10. The fraction of sp³-hybridized carbons (Fsp3) is 0.182. The molecule has 29 heavy (non-hydrogen) atoms. The van der Waals surface area contributed by atoms with Gasteiger partial charge in [-0.15, -0.1) is 0 Å². The monoisotopic (exact) mass is 479 g/mol. The van der Waals surface area contributed by atoms with E-state index in [1.807, 2.05) is 30.3 Å². The summed E-state index contributed by atoms with van der Waals surface area (Å²) in [6.07, 6.45) is 0. The standard InChI is InChI=1S/C22H20BrClFNO3/c1-27-20-8-7-17(10-19(20)24)26-12-15-9-21(28-2)22(11-18(15)23)29-13-14-3-5-16(25)6-4-14/h3-11,26H,12-13H2,1-2H3. The lowest BCUT2D eigenvalue weighted by atomic mass is 10.2. The van der Waals surface area contributed by atoms with E-state index < -0.39 is 0 Å². The Bertz CT molecular complexity index is 983. The van der Waals surface area contributed by atoms with E-state index in [-0.39, 0.29) is 5.82 Å². The average molecular weight is 481 g/mol. The molecule has 7 heteroatoms. The Balaban J connectivity index is 1.70. The van der Waals surface area contributed by atoms with Crippen molar-refractivity contribution in [1.82, 2.24) is 0 Å². The summed E-state index contributed by atoms with van der Waals surface area (Å²) in [6, 6.07) is 15.5. The van der Waals surface area contributed by atoms with Gasteiger partial charge >= 0.3 is 0 Å². The van der Waals surface area contributed by atoms with Crippen LogP contribution in [-0.4, -0.2) is 14.2 Å². The highest BCUT2D eigenvalue weighted by atomic mass is 79.9. The Hall–Kier alpha value is -2.44. The van der Waals surface area contributed by atoms with Crippen LogP contribution in [0.4, 0.5) is 10.1 Å². The first-order valence-electron chi connectivity index (χ1n) is 8.81. The zero-order chi connectivity index (χ0) is 20.8. The van der Waals surface area contributed by atoms with Gasteiger partial charge in [0.05, 0.1) is 19.2 Å². The number of hydrogen-bond acceptors (Lipinski definition) is 4. The maximum absolute atomic E-state index is 13.0. The topological polar surface area (TPSA) is 39.7 Å². The van der Waals surface area contributed by atoms with Crippen molar-refractivity contribution in [3.63, 3.8) is 0 Å². The van der Waals surface area contributed by atoms with Crippen molar-refractivity contribution >= 4 is 33.2 Å². The number of nitrogens with one attached hydrogen (secondary N) is 1. The molecule has 152 valence electrons. The first-order valence-corrected chi connectivity index (χ1v) is 9.98. The second kappa shape index (κ2) is 9.85. The summed E-state index contributed by atoms with van der Waals surface area (Å²) in [5, 5.41) is 3.87. The molecule has 3 aromatic carbocycles. The molecule has 0 aliphatic rings. The Morgan fingerprint density at radius 1 is 0.931 bits per heavy atom. The summed E-state index contributed by atoms with van der Waals surface area (Å²) < 4.78 is 30.4. The van der Waals surface area contributed by atoms with Gasteiger partial charge in [0.1, 0.15) is 18.2 Å². The Morgan fingerprint density at radius 3 is 2.31 bits per heavy atom. The van der Waals surface area contributed by atoms with Crippen LogP contribution in [0.1, 0.15) is 11.1 Å². The molecule has 0 aromatic heterocycles. The highest BCUT2D eigenvalue weighted by Gasteiger charge is 2.11. The predicted octanol–water partition coefficient (Wildman–Crippen LogP) is 6.45. The Labute approximate surface area is 182 Å². The number of benzene rings is 3. The van der Waals surface area contributed by atoms with Crippen LogP contribution in [0.3, 0.4) is 0 Å². The van der Waals surface area contributed by atoms with Gasteiger partial charge in [-0.2, -0.15) is 0 Å². The van der Waals surface area contributed by atoms with Crippen LogP contribution in [0.2, 0.25) is 5.02 Å². The van der Waals surface area contributed by atoms with Gasteiger partial charge in [0.2, 0.25) is 0 Å². The smallest absolute Gasteiger partial charge is 0.162 e. The van der Waals surface area contributed by atoms with Crippen molar-refractivity contribution in [2.45, 2.75) is 13.2 Å². The molecular weight excluding hydrogens is 461 g/mol. The maximum Gasteiger partial charge on any atom is 0.162 e. The molecule has 3 rings (SSSR count). The Morgan fingerprint density at radius 2 is 1.66 bits per heavy atom. The third-order valence-corrected chi connectivity index (χ3v) is 5.31. The lowest BCUT2D eigenvalue weighted by Crippen LogP contribution is -2.03. The lowest BCUT2D eigenvalue weighted by Gasteiger charge is -2.15. The molecule has 4 nitrogen and oxygen atoms in total. The molecule has 0 radical (unpaired) electrons. The van der Waals surface area contributed by atoms with Crippen LogP contribution < -0.4 is 19.5 Å². The van der Waals surface area contributed by atoms with E-state index in [0.29, 0.717) is 35.4 Å². The van der Waals surface area contributed by atoms with Crippen LogP contribution in [0.15, 0.2) is 59.1 Å². The quantitative estimate of drug-likeness (QED) is 0.402. The second-order valence-corrected chi connectivity index (χ2v) is 7.47. The molecule has 0 spiro atoms. The molecule has 0 aliphatic heterocycles. The molecule has 0 heterocycles. The molecule has 0 amide bonds. The minimum absolute atomic E-state index is 0.274. The summed E-state index contributed by atoms with van der Waals surface area (Å²) in [5.41, 5.74) is 2.73. The van der Waals surface area contributed by atoms with E-state index >= 15 is 0 Å². The van der Waals surface area contributed by atoms with E-state index in [0.717, 1.165) is 21.3 Å². The van der Waals surface area contributed by atoms with E-state index in [2.05, 4.69) is 21.2 Å². The second-order valence-electron chi connectivity index (χ2n) is 6.21. The van der Waals surface area contributed by atoms with E-state index in [1.165, 1.54) is 12.1 Å². The Kier molecular flexibility index (Phi) is 7.23. The van der Waals surface area contributed by atoms with E-state index in [1.54, 1.807) is 26.4 Å². The SMILES string of the molecule is COc1ccc(NCc2cc(OC)c(OCc3ccc(F)cc3)cc2Br)cc1Cl. The minimum atomic E-state index is -0.274. The first kappa shape index (κ1) is 21.3. The fourth-order valence-electron chi connectivity index (χ4n) is 2.70. The van der Waals surface area contributed by atoms with Crippen molar-refractivity contribution in [3.05, 3.63) is 81.0 Å². The van der Waals surface area contributed by atoms with Crippen LogP contribution in [-0.2, 0) is 13.2 Å². The number of hydrogen-bond donors (Lipinski definition) is 1. The van der Waals surface area contributed by atoms with Crippen molar-refractivity contribution in [2.75, 3.05) is 19.5 Å². The van der Waals surface area contributed by atoms with Gasteiger partial charge in [-0.05, 0) is 53.6 Å². The first-order chi connectivity index (χ1) is 14.0. The summed E-state index contributed by atoms with van der Waals surface area (Å²) in [5.74, 6) is 1.56. The normalized spacial score (nSPS) is 10.5. The van der Waals surface area contributed by atoms with E-state index in [4.69, 9.17) is 25.8 Å². The number of halogens is 3. The lowest BCUT2D eigenvalue weighted by molar-refractivity contribution is 0.284.